The first-order valence-corrected chi connectivity index (χ1v) is 47.9. The maximum absolute atomic E-state index is 13.5. The summed E-state index contributed by atoms with van der Waals surface area (Å²) < 4.78 is 43.5. The van der Waals surface area contributed by atoms with Crippen LogP contribution in [0.25, 0.3) is 0 Å². The smallest absolute Gasteiger partial charge is 0.444 e. The molecule has 0 radical (unpaired) electrons. The van der Waals surface area contributed by atoms with Crippen LogP contribution in [0.4, 0.5) is 4.79 Å². The van der Waals surface area contributed by atoms with Crippen molar-refractivity contribution in [1.82, 2.24) is 41.3 Å². The van der Waals surface area contributed by atoms with Crippen LogP contribution in [0.15, 0.2) is 11.6 Å². The standard InChI is InChI=1S/C60H99N8O20PS.C29H50O/c1-7-86-89(82,83)87-34-18-12-8-9-13-20-45(70)26-35-85-37-36-84-33-19-21-44(69)23-30-68-53(75)40-48(58(68)80)90-41-47(65-59(81)88-60(4,5)6)55(77)63-29-16-11-10-15-28-62-54(76)46(64-50(72)25-32-67-52(74)39-43(3)57(67)79)22-14-17-27-61-49(71)24-31-66-51(73)38-42(2)56(66)78;1-7-30-23-15-17-28(5)22(19-23)11-12-24-26-14-13-25(21(4)10-8-9-20(2)3)29(26,6)18-16-27(24)28/h42-43,46-48H,7-41H2,1-6H3,(H,61,71)(H,62,76)(H,63,77)(H,64,72)(H,65,81)(H,82,83);11,20-21,23-27H,7-10,12-19H2,1-6H3/t42?,43?,46-,47-,48?;21-,23+,24+,25-,26+,27+,28+,29-/m11/s1. The SMILES string of the molecule is CCOP(=O)(O)OCCCCCCCC(=O)CCOCCOCCCC(=O)CCN1C(=O)CC(SC[C@@H](NC(=O)OC(C)(C)C)C(=O)NCCCCCCNC(=O)[C@@H](CCCCNC(=O)CCN2C(=O)CC(C)C2=O)NC(=O)CCN2C(=O)CC(C)C2=O)C1=O.CCO[C@H]1CC[C@@]2(C)C(=CC[C@H]3[C@@H]4CC[C@H]([C@H](C)CCCC(C)C)[C@@]4(C)CC[C@@H]32)C1. The van der Waals surface area contributed by atoms with Gasteiger partial charge in [0, 0.05) is 128 Å². The first kappa shape index (κ1) is 103. The number of amides is 11. The lowest BCUT2D eigenvalue weighted by Gasteiger charge is -2.58. The number of hydrogen-bond donors (Lipinski definition) is 6. The number of phosphoric ester groups is 1. The molecule has 0 spiro atoms. The number of nitrogens with zero attached hydrogens (tertiary/aromatic N) is 3. The Morgan fingerprint density at radius 1 is 0.558 bits per heavy atom. The van der Waals surface area contributed by atoms with Crippen molar-refractivity contribution < 1.29 is 99.8 Å². The van der Waals surface area contributed by atoms with Gasteiger partial charge in [0.1, 0.15) is 29.3 Å². The molecule has 4 unspecified atom stereocenters. The van der Waals surface area contributed by atoms with Crippen molar-refractivity contribution in [3.05, 3.63) is 11.6 Å². The Balaban J connectivity index is 0.000000613. The van der Waals surface area contributed by atoms with Gasteiger partial charge in [-0.15, -0.1) is 11.8 Å². The summed E-state index contributed by atoms with van der Waals surface area (Å²) in [6.07, 6.45) is 26.4. The fourth-order valence-corrected chi connectivity index (χ4v) is 20.7. The molecular formula is C89H149N8O21PS. The van der Waals surface area contributed by atoms with Gasteiger partial charge < -0.3 is 50.4 Å². The molecule has 3 aliphatic heterocycles. The van der Waals surface area contributed by atoms with Crippen molar-refractivity contribution in [2.75, 3.05) is 91.3 Å². The molecule has 31 heteroatoms. The van der Waals surface area contributed by atoms with E-state index in [9.17, 15) is 71.8 Å². The molecule has 3 saturated carbocycles. The minimum atomic E-state index is -3.96. The Hall–Kier alpha value is -6.01. The number of hydrogen-bond acceptors (Lipinski definition) is 21. The highest BCUT2D eigenvalue weighted by Crippen LogP contribution is 2.67. The number of thioether (sulfide) groups is 1. The molecule has 7 rings (SSSR count). The topological polar surface area (TPSA) is 384 Å². The van der Waals surface area contributed by atoms with Crippen molar-refractivity contribution in [1.29, 1.82) is 0 Å². The van der Waals surface area contributed by atoms with Crippen LogP contribution >= 0.6 is 19.6 Å². The predicted molar refractivity (Wildman–Crippen MR) is 458 cm³/mol. The summed E-state index contributed by atoms with van der Waals surface area (Å²) >= 11 is 1.04. The zero-order valence-corrected chi connectivity index (χ0v) is 76.3. The maximum Gasteiger partial charge on any atom is 0.472 e. The van der Waals surface area contributed by atoms with Crippen molar-refractivity contribution in [2.45, 2.75) is 324 Å². The fraction of sp³-hybridized carbons (Fsp3) is 0.831. The van der Waals surface area contributed by atoms with Gasteiger partial charge in [0.05, 0.1) is 44.4 Å². The number of carbonyl (C=O) groups excluding carboxylic acids is 13. The number of fused-ring (bicyclic) bond motifs is 5. The molecule has 0 aromatic heterocycles. The molecule has 0 aromatic carbocycles. The first-order chi connectivity index (χ1) is 57.0. The van der Waals surface area contributed by atoms with Crippen LogP contribution < -0.4 is 26.6 Å². The van der Waals surface area contributed by atoms with E-state index in [-0.39, 0.29) is 171 Å². The third kappa shape index (κ3) is 34.2. The second-order valence-electron chi connectivity index (χ2n) is 36.3. The van der Waals surface area contributed by atoms with E-state index in [4.69, 9.17) is 23.5 Å². The molecule has 29 nitrogen and oxygen atoms in total. The van der Waals surface area contributed by atoms with E-state index in [1.807, 2.05) is 0 Å². The minimum Gasteiger partial charge on any atom is -0.444 e. The molecular weight excluding hydrogens is 1580 g/mol. The first-order valence-electron chi connectivity index (χ1n) is 45.4. The summed E-state index contributed by atoms with van der Waals surface area (Å²) in [5.41, 5.74) is 1.98. The second-order valence-corrected chi connectivity index (χ2v) is 39.0. The molecule has 682 valence electrons. The van der Waals surface area contributed by atoms with Crippen molar-refractivity contribution in [3.63, 3.8) is 0 Å². The van der Waals surface area contributed by atoms with E-state index in [0.717, 1.165) is 94.3 Å². The molecule has 0 aromatic rings. The molecule has 6 N–H and O–H groups in total. The second kappa shape index (κ2) is 52.1. The van der Waals surface area contributed by atoms with E-state index in [2.05, 4.69) is 78.7 Å². The van der Waals surface area contributed by atoms with Crippen LogP contribution in [-0.4, -0.2) is 217 Å². The van der Waals surface area contributed by atoms with Gasteiger partial charge in [0.25, 0.3) is 0 Å². The van der Waals surface area contributed by atoms with Crippen LogP contribution in [0, 0.1) is 58.2 Å². The van der Waals surface area contributed by atoms with Crippen molar-refractivity contribution >= 4 is 96.3 Å². The summed E-state index contributed by atoms with van der Waals surface area (Å²) in [6, 6.07) is -2.09. The Bertz CT molecular complexity index is 3450. The highest BCUT2D eigenvalue weighted by molar-refractivity contribution is 8.00. The number of carbonyl (C=O) groups is 13. The van der Waals surface area contributed by atoms with E-state index >= 15 is 0 Å². The Morgan fingerprint density at radius 2 is 1.13 bits per heavy atom. The van der Waals surface area contributed by atoms with Gasteiger partial charge in [-0.05, 0) is 184 Å². The van der Waals surface area contributed by atoms with Gasteiger partial charge in [-0.3, -0.25) is 81.3 Å². The molecule has 6 fully saturated rings. The van der Waals surface area contributed by atoms with Crippen LogP contribution in [-0.2, 0) is 90.1 Å². The number of phosphoric acid groups is 1. The lowest BCUT2D eigenvalue weighted by atomic mass is 9.47. The zero-order chi connectivity index (χ0) is 88.2. The molecule has 3 heterocycles. The van der Waals surface area contributed by atoms with Gasteiger partial charge in [0.15, 0.2) is 0 Å². The quantitative estimate of drug-likeness (QED) is 0.0143. The Morgan fingerprint density at radius 3 is 1.77 bits per heavy atom. The number of Topliss-reactive ketones (excluding diaryl/α,β-unsaturated/α-hetero) is 2. The van der Waals surface area contributed by atoms with Gasteiger partial charge in [-0.25, -0.2) is 9.36 Å². The number of alkyl carbamates (subject to hydrolysis) is 1. The van der Waals surface area contributed by atoms with Crippen LogP contribution in [0.5, 0.6) is 0 Å². The number of ketones is 2. The number of allylic oxidation sites excluding steroid dienone is 1. The predicted octanol–water partition coefficient (Wildman–Crippen LogP) is 12.5. The largest absolute Gasteiger partial charge is 0.472 e. The van der Waals surface area contributed by atoms with E-state index in [0.29, 0.717) is 87.7 Å². The molecule has 0 bridgehead atoms. The summed E-state index contributed by atoms with van der Waals surface area (Å²) in [4.78, 5) is 178. The fourth-order valence-electron chi connectivity index (χ4n) is 18.8. The van der Waals surface area contributed by atoms with Crippen molar-refractivity contribution in [2.24, 2.45) is 58.2 Å². The third-order valence-corrected chi connectivity index (χ3v) is 27.8. The van der Waals surface area contributed by atoms with Crippen LogP contribution in [0.1, 0.15) is 295 Å². The molecule has 11 amide bonds. The molecule has 4 aliphatic carbocycles. The number of unbranched alkanes of at least 4 members (excludes halogenated alkanes) is 8. The normalized spacial score (nSPS) is 24.7. The van der Waals surface area contributed by atoms with E-state index in [1.165, 1.54) is 70.6 Å². The third-order valence-electron chi connectivity index (χ3n) is 25.4. The summed E-state index contributed by atoms with van der Waals surface area (Å²) in [6.45, 7) is 27.5. The molecule has 7 aliphatic rings. The number of imide groups is 3. The molecule has 14 atom stereocenters. The van der Waals surface area contributed by atoms with Crippen LogP contribution in [0.3, 0.4) is 0 Å². The number of likely N-dealkylation sites (tertiary alicyclic amines) is 3. The van der Waals surface area contributed by atoms with E-state index in [1.54, 1.807) is 47.1 Å². The lowest BCUT2D eigenvalue weighted by molar-refractivity contribution is -0.141. The Kier molecular flexibility index (Phi) is 44.6. The average Bonchev–Trinajstić information content (AvgIpc) is 1.44. The van der Waals surface area contributed by atoms with Gasteiger partial charge in [-0.1, -0.05) is 111 Å². The van der Waals surface area contributed by atoms with E-state index < -0.39 is 78.2 Å². The molecule has 120 heavy (non-hydrogen) atoms. The monoisotopic (exact) mass is 1730 g/mol. The summed E-state index contributed by atoms with van der Waals surface area (Å²) in [5.74, 6) is 0.512. The van der Waals surface area contributed by atoms with Crippen LogP contribution in [0.2, 0.25) is 0 Å². The maximum atomic E-state index is 13.5. The number of rotatable bonds is 56. The lowest BCUT2D eigenvalue weighted by Crippen LogP contribution is -2.51. The summed E-state index contributed by atoms with van der Waals surface area (Å²) in [5, 5.41) is 12.9. The Labute approximate surface area is 718 Å². The zero-order valence-electron chi connectivity index (χ0n) is 74.5. The van der Waals surface area contributed by atoms with Gasteiger partial charge >= 0.3 is 13.9 Å². The van der Waals surface area contributed by atoms with Gasteiger partial charge in [0.2, 0.25) is 59.1 Å². The number of nitrogens with one attached hydrogen (secondary N) is 5. The highest BCUT2D eigenvalue weighted by atomic mass is 32.2. The van der Waals surface area contributed by atoms with Crippen molar-refractivity contribution in [3.8, 4) is 0 Å². The minimum absolute atomic E-state index is 0.00928. The average molecular weight is 1730 g/mol. The molecule has 3 saturated heterocycles. The number of ether oxygens (including phenoxy) is 4. The van der Waals surface area contributed by atoms with Gasteiger partial charge in [-0.2, -0.15) is 0 Å². The highest BCUT2D eigenvalue weighted by Gasteiger charge is 2.59. The summed E-state index contributed by atoms with van der Waals surface area (Å²) in [7, 11) is -3.96.